The summed E-state index contributed by atoms with van der Waals surface area (Å²) in [5.74, 6) is 1.23. The van der Waals surface area contributed by atoms with Crippen LogP contribution in [0.2, 0.25) is 0 Å². The highest BCUT2D eigenvalue weighted by Gasteiger charge is 2.13. The van der Waals surface area contributed by atoms with E-state index >= 15 is 0 Å². The summed E-state index contributed by atoms with van der Waals surface area (Å²) in [4.78, 5) is 6.34. The van der Waals surface area contributed by atoms with Gasteiger partial charge in [0.2, 0.25) is 0 Å². The van der Waals surface area contributed by atoms with Gasteiger partial charge in [0.05, 0.1) is 11.8 Å². The Morgan fingerprint density at radius 1 is 1.39 bits per heavy atom. The highest BCUT2D eigenvalue weighted by molar-refractivity contribution is 5.69. The van der Waals surface area contributed by atoms with E-state index in [9.17, 15) is 5.11 Å². The zero-order valence-electron chi connectivity index (χ0n) is 11.3. The van der Waals surface area contributed by atoms with Crippen molar-refractivity contribution in [2.45, 2.75) is 32.8 Å². The first-order chi connectivity index (χ1) is 8.49. The molecule has 0 aliphatic carbocycles. The maximum absolute atomic E-state index is 9.46. The number of likely N-dealkylation sites (N-methyl/N-ethyl adjacent to an activating group) is 1. The summed E-state index contributed by atoms with van der Waals surface area (Å²) in [5.41, 5.74) is 2.03. The van der Waals surface area contributed by atoms with E-state index in [0.29, 0.717) is 12.5 Å². The van der Waals surface area contributed by atoms with Crippen molar-refractivity contribution in [3.05, 3.63) is 24.2 Å². The fraction of sp³-hybridized carbons (Fsp3) is 0.538. The number of nitrogens with zero attached hydrogens (tertiary/aromatic N) is 4. The molecule has 5 heteroatoms. The first kappa shape index (κ1) is 12.8. The molecule has 0 aliphatic rings. The van der Waals surface area contributed by atoms with Crippen molar-refractivity contribution in [3.8, 4) is 0 Å². The summed E-state index contributed by atoms with van der Waals surface area (Å²) >= 11 is 0. The number of fused-ring (bicyclic) bond motifs is 1. The minimum atomic E-state index is -0.385. The van der Waals surface area contributed by atoms with Crippen molar-refractivity contribution in [2.75, 3.05) is 18.5 Å². The number of hydrogen-bond donors (Lipinski definition) is 1. The predicted octanol–water partition coefficient (Wildman–Crippen LogP) is 1.67. The molecule has 0 amide bonds. The molecular formula is C13H20N4O. The third-order valence-corrected chi connectivity index (χ3v) is 2.88. The molecule has 0 fully saturated rings. The molecule has 2 rings (SSSR count). The van der Waals surface area contributed by atoms with Gasteiger partial charge in [-0.3, -0.25) is 0 Å². The molecule has 0 bridgehead atoms. The van der Waals surface area contributed by atoms with E-state index in [4.69, 9.17) is 0 Å². The molecule has 0 spiro atoms. The molecule has 1 unspecified atom stereocenters. The molecule has 0 aromatic carbocycles. The van der Waals surface area contributed by atoms with Crippen molar-refractivity contribution in [3.63, 3.8) is 0 Å². The summed E-state index contributed by atoms with van der Waals surface area (Å²) in [5, 5.41) is 14.0. The molecule has 2 aromatic heterocycles. The van der Waals surface area contributed by atoms with Crippen LogP contribution in [0.4, 0.5) is 5.82 Å². The number of rotatable bonds is 4. The topological polar surface area (TPSA) is 53.7 Å². The van der Waals surface area contributed by atoms with Crippen molar-refractivity contribution in [2.24, 2.45) is 0 Å². The van der Waals surface area contributed by atoms with Crippen LogP contribution in [0.3, 0.4) is 0 Å². The second-order valence-corrected chi connectivity index (χ2v) is 5.03. The van der Waals surface area contributed by atoms with E-state index in [-0.39, 0.29) is 6.10 Å². The maximum Gasteiger partial charge on any atom is 0.154 e. The number of hydrogen-bond acceptors (Lipinski definition) is 4. The number of aromatic nitrogens is 3. The van der Waals surface area contributed by atoms with Crippen LogP contribution in [0.5, 0.6) is 0 Å². The van der Waals surface area contributed by atoms with Gasteiger partial charge in [0, 0.05) is 26.0 Å². The van der Waals surface area contributed by atoms with Gasteiger partial charge in [-0.15, -0.1) is 0 Å². The Morgan fingerprint density at radius 2 is 2.11 bits per heavy atom. The van der Waals surface area contributed by atoms with E-state index in [1.54, 1.807) is 13.1 Å². The van der Waals surface area contributed by atoms with Crippen LogP contribution >= 0.6 is 0 Å². The van der Waals surface area contributed by atoms with Gasteiger partial charge in [-0.1, -0.05) is 13.8 Å². The molecule has 1 atom stereocenters. The third-order valence-electron chi connectivity index (χ3n) is 2.88. The maximum atomic E-state index is 9.46. The van der Waals surface area contributed by atoms with Crippen LogP contribution in [0.25, 0.3) is 5.52 Å². The van der Waals surface area contributed by atoms with Gasteiger partial charge in [0.1, 0.15) is 5.52 Å². The van der Waals surface area contributed by atoms with Crippen LogP contribution in [0.1, 0.15) is 32.4 Å². The van der Waals surface area contributed by atoms with E-state index in [0.717, 1.165) is 17.0 Å². The van der Waals surface area contributed by atoms with Crippen LogP contribution in [-0.4, -0.2) is 39.4 Å². The second kappa shape index (κ2) is 4.94. The molecule has 1 N–H and O–H groups in total. The second-order valence-electron chi connectivity index (χ2n) is 5.03. The summed E-state index contributed by atoms with van der Waals surface area (Å²) in [6.45, 7) is 6.56. The Bertz CT molecular complexity index is 533. The average molecular weight is 248 g/mol. The highest BCUT2D eigenvalue weighted by atomic mass is 16.3. The molecule has 2 aromatic rings. The van der Waals surface area contributed by atoms with Gasteiger partial charge < -0.3 is 10.0 Å². The molecule has 5 nitrogen and oxygen atoms in total. The molecule has 18 heavy (non-hydrogen) atoms. The lowest BCUT2D eigenvalue weighted by Crippen LogP contribution is -2.28. The summed E-state index contributed by atoms with van der Waals surface area (Å²) in [6.07, 6.45) is 3.20. The normalized spacial score (nSPS) is 13.2. The van der Waals surface area contributed by atoms with Crippen molar-refractivity contribution < 1.29 is 5.11 Å². The van der Waals surface area contributed by atoms with Gasteiger partial charge in [-0.05, 0) is 18.9 Å². The van der Waals surface area contributed by atoms with E-state index < -0.39 is 0 Å². The summed E-state index contributed by atoms with van der Waals surface area (Å²) in [7, 11) is 1.93. The minimum Gasteiger partial charge on any atom is -0.392 e. The van der Waals surface area contributed by atoms with Crippen LogP contribution in [0.15, 0.2) is 18.5 Å². The monoisotopic (exact) mass is 248 g/mol. The largest absolute Gasteiger partial charge is 0.392 e. The predicted molar refractivity (Wildman–Crippen MR) is 72.0 cm³/mol. The van der Waals surface area contributed by atoms with Crippen LogP contribution < -0.4 is 4.90 Å². The van der Waals surface area contributed by atoms with E-state index in [2.05, 4.69) is 30.0 Å². The number of anilines is 1. The Balaban J connectivity index is 2.44. The smallest absolute Gasteiger partial charge is 0.154 e. The molecule has 0 saturated heterocycles. The quantitative estimate of drug-likeness (QED) is 0.894. The summed E-state index contributed by atoms with van der Waals surface area (Å²) < 4.78 is 1.84. The average Bonchev–Trinajstić information content (AvgIpc) is 2.71. The van der Waals surface area contributed by atoms with Crippen molar-refractivity contribution >= 4 is 11.3 Å². The number of aliphatic hydroxyl groups excluding tert-OH is 1. The lowest BCUT2D eigenvalue weighted by molar-refractivity contribution is 0.201. The van der Waals surface area contributed by atoms with Gasteiger partial charge in [-0.25, -0.2) is 9.50 Å². The van der Waals surface area contributed by atoms with E-state index in [1.165, 1.54) is 0 Å². The molecule has 0 radical (unpaired) electrons. The van der Waals surface area contributed by atoms with Gasteiger partial charge in [-0.2, -0.15) is 5.10 Å². The van der Waals surface area contributed by atoms with Gasteiger partial charge in [0.15, 0.2) is 5.82 Å². The molecule has 98 valence electrons. The fourth-order valence-corrected chi connectivity index (χ4v) is 1.99. The van der Waals surface area contributed by atoms with Crippen molar-refractivity contribution in [1.29, 1.82) is 0 Å². The lowest BCUT2D eigenvalue weighted by atomic mass is 10.1. The van der Waals surface area contributed by atoms with Gasteiger partial charge >= 0.3 is 0 Å². The van der Waals surface area contributed by atoms with E-state index in [1.807, 2.05) is 22.7 Å². The Morgan fingerprint density at radius 3 is 2.72 bits per heavy atom. The SMILES string of the molecule is CC(O)CN(C)c1nccn2nc(C(C)C)cc12. The minimum absolute atomic E-state index is 0.385. The summed E-state index contributed by atoms with van der Waals surface area (Å²) in [6, 6.07) is 2.06. The third kappa shape index (κ3) is 2.46. The Labute approximate surface area is 107 Å². The molecule has 0 saturated carbocycles. The Kier molecular flexibility index (Phi) is 3.52. The first-order valence-electron chi connectivity index (χ1n) is 6.22. The molecular weight excluding hydrogens is 228 g/mol. The zero-order chi connectivity index (χ0) is 13.3. The zero-order valence-corrected chi connectivity index (χ0v) is 11.3. The van der Waals surface area contributed by atoms with Crippen molar-refractivity contribution in [1.82, 2.24) is 14.6 Å². The molecule has 0 aliphatic heterocycles. The molecule has 2 heterocycles. The lowest BCUT2D eigenvalue weighted by Gasteiger charge is -2.20. The standard InChI is InChI=1S/C13H20N4O/c1-9(2)11-7-12-13(16(4)8-10(3)18)14-5-6-17(12)15-11/h5-7,9-10,18H,8H2,1-4H3. The van der Waals surface area contributed by atoms with Crippen LogP contribution in [-0.2, 0) is 0 Å². The van der Waals surface area contributed by atoms with Crippen LogP contribution in [0, 0.1) is 0 Å². The highest BCUT2D eigenvalue weighted by Crippen LogP contribution is 2.22. The number of aliphatic hydroxyl groups is 1. The Hall–Kier alpha value is -1.62. The first-order valence-corrected chi connectivity index (χ1v) is 6.22. The van der Waals surface area contributed by atoms with Gasteiger partial charge in [0.25, 0.3) is 0 Å². The fourth-order valence-electron chi connectivity index (χ4n) is 1.99.